The number of hydrogen-bond acceptors (Lipinski definition) is 13. The van der Waals surface area contributed by atoms with E-state index in [1.807, 2.05) is 36.4 Å². The van der Waals surface area contributed by atoms with Gasteiger partial charge in [0.1, 0.15) is 43.4 Å². The van der Waals surface area contributed by atoms with E-state index in [4.69, 9.17) is 35.2 Å². The van der Waals surface area contributed by atoms with Crippen molar-refractivity contribution in [2.45, 2.75) is 81.9 Å². The third-order valence-electron chi connectivity index (χ3n) is 9.63. The van der Waals surface area contributed by atoms with Gasteiger partial charge < -0.3 is 40.5 Å². The second-order valence-electron chi connectivity index (χ2n) is 13.8. The topological polar surface area (TPSA) is 199 Å². The van der Waals surface area contributed by atoms with Crippen molar-refractivity contribution in [2.75, 3.05) is 31.1 Å². The summed E-state index contributed by atoms with van der Waals surface area (Å²) in [4.78, 5) is 65.4. The Bertz CT molecular complexity index is 1810. The summed E-state index contributed by atoms with van der Waals surface area (Å²) in [5, 5.41) is 3.19. The minimum Gasteiger partial charge on any atom is -0.486 e. The molecule has 0 aliphatic carbocycles. The fourth-order valence-electron chi connectivity index (χ4n) is 6.20. The fourth-order valence-corrected chi connectivity index (χ4v) is 6.20. The summed E-state index contributed by atoms with van der Waals surface area (Å²) in [5.74, 6) is -3.80. The minimum absolute atomic E-state index is 0.0380. The highest BCUT2D eigenvalue weighted by Crippen LogP contribution is 2.32. The molecule has 0 spiro atoms. The van der Waals surface area contributed by atoms with E-state index in [-0.39, 0.29) is 82.1 Å². The molecule has 3 aromatic carbocycles. The summed E-state index contributed by atoms with van der Waals surface area (Å²) < 4.78 is 43.5. The van der Waals surface area contributed by atoms with E-state index in [1.54, 1.807) is 24.3 Å². The van der Waals surface area contributed by atoms with E-state index in [1.165, 1.54) is 24.0 Å². The minimum atomic E-state index is -2.24. The zero-order valence-corrected chi connectivity index (χ0v) is 30.7. The Balaban J connectivity index is 1.24. The number of nitrogens with two attached hydrogens (primary N) is 2. The van der Waals surface area contributed by atoms with E-state index in [0.717, 1.165) is 11.6 Å². The van der Waals surface area contributed by atoms with Crippen LogP contribution in [0, 0.1) is 5.82 Å². The molecule has 294 valence electrons. The molecule has 15 heteroatoms. The molecule has 0 bridgehead atoms. The Morgan fingerprint density at radius 3 is 2.20 bits per heavy atom. The third-order valence-corrected chi connectivity index (χ3v) is 9.63. The summed E-state index contributed by atoms with van der Waals surface area (Å²) in [6, 6.07) is 21.0. The number of unbranched alkanes of at least 4 members (excludes halogenated alkanes) is 1. The van der Waals surface area contributed by atoms with Gasteiger partial charge in [-0.3, -0.25) is 14.5 Å². The summed E-state index contributed by atoms with van der Waals surface area (Å²) in [7, 11) is 0. The van der Waals surface area contributed by atoms with Gasteiger partial charge in [-0.2, -0.15) is 0 Å². The van der Waals surface area contributed by atoms with Crippen LogP contribution in [0.5, 0.6) is 5.75 Å². The third kappa shape index (κ3) is 10.9. The molecule has 2 saturated heterocycles. The molecule has 0 radical (unpaired) electrons. The summed E-state index contributed by atoms with van der Waals surface area (Å²) in [6.45, 7) is 1.82. The molecule has 2 aliphatic heterocycles. The number of carbonyl (C=O) groups is 5. The molecule has 2 aliphatic rings. The van der Waals surface area contributed by atoms with Crippen LogP contribution in [0.15, 0.2) is 78.9 Å². The van der Waals surface area contributed by atoms with Gasteiger partial charge in [0.25, 0.3) is 0 Å². The van der Waals surface area contributed by atoms with Crippen LogP contribution in [0.3, 0.4) is 0 Å². The second-order valence-corrected chi connectivity index (χ2v) is 13.8. The van der Waals surface area contributed by atoms with Crippen molar-refractivity contribution in [2.24, 2.45) is 11.5 Å². The predicted molar refractivity (Wildman–Crippen MR) is 197 cm³/mol. The Morgan fingerprint density at radius 2 is 1.58 bits per heavy atom. The molecule has 2 heterocycles. The number of carbonyl (C=O) groups excluding carboxylic acids is 5. The van der Waals surface area contributed by atoms with Crippen molar-refractivity contribution in [1.29, 1.82) is 0 Å². The molecule has 2 fully saturated rings. The maximum Gasteiger partial charge on any atom is 0.414 e. The van der Waals surface area contributed by atoms with Crippen LogP contribution < -0.4 is 26.4 Å². The molecule has 55 heavy (non-hydrogen) atoms. The van der Waals surface area contributed by atoms with Gasteiger partial charge in [-0.1, -0.05) is 60.7 Å². The van der Waals surface area contributed by atoms with E-state index in [2.05, 4.69) is 5.32 Å². The quantitative estimate of drug-likeness (QED) is 0.0732. The van der Waals surface area contributed by atoms with E-state index < -0.39 is 53.1 Å². The first-order valence-electron chi connectivity index (χ1n) is 18.2. The fraction of sp³-hybridized carbons (Fsp3) is 0.425. The van der Waals surface area contributed by atoms with Gasteiger partial charge in [0.2, 0.25) is 5.54 Å². The number of piperidine rings is 1. The van der Waals surface area contributed by atoms with Crippen LogP contribution in [0.25, 0.3) is 0 Å². The number of nitrogens with one attached hydrogen (secondary N) is 1. The summed E-state index contributed by atoms with van der Waals surface area (Å²) in [5.41, 5.74) is 10.6. The van der Waals surface area contributed by atoms with Crippen LogP contribution in [0.2, 0.25) is 0 Å². The first-order chi connectivity index (χ1) is 26.4. The highest BCUT2D eigenvalue weighted by atomic mass is 19.1. The lowest BCUT2D eigenvalue weighted by molar-refractivity contribution is -0.181. The maximum absolute atomic E-state index is 15.4. The highest BCUT2D eigenvalue weighted by molar-refractivity contribution is 6.04. The molecule has 0 aromatic heterocycles. The van der Waals surface area contributed by atoms with Crippen LogP contribution >= 0.6 is 0 Å². The van der Waals surface area contributed by atoms with Crippen LogP contribution in [-0.4, -0.2) is 79.3 Å². The summed E-state index contributed by atoms with van der Waals surface area (Å²) >= 11 is 0. The van der Waals surface area contributed by atoms with Gasteiger partial charge in [0.15, 0.2) is 11.6 Å². The zero-order valence-electron chi connectivity index (χ0n) is 30.7. The maximum atomic E-state index is 15.4. The van der Waals surface area contributed by atoms with Crippen LogP contribution in [0.1, 0.15) is 56.6 Å². The Kier molecular flexibility index (Phi) is 13.9. The van der Waals surface area contributed by atoms with Crippen molar-refractivity contribution in [3.63, 3.8) is 0 Å². The number of Topliss-reactive ketones (excluding diaryl/α,β-unsaturated/α-hetero) is 1. The zero-order chi connectivity index (χ0) is 39.4. The smallest absolute Gasteiger partial charge is 0.414 e. The molecule has 1 amide bonds. The Hall–Kier alpha value is -5.38. The molecule has 3 aromatic rings. The number of amides is 1. The molecule has 0 saturated carbocycles. The number of hydrogen-bond donors (Lipinski definition) is 3. The Morgan fingerprint density at radius 1 is 0.945 bits per heavy atom. The first-order valence-corrected chi connectivity index (χ1v) is 18.2. The number of halogens is 1. The monoisotopic (exact) mass is 762 g/mol. The normalized spacial score (nSPS) is 18.0. The number of esters is 3. The van der Waals surface area contributed by atoms with Gasteiger partial charge in [-0.15, -0.1) is 0 Å². The lowest BCUT2D eigenvalue weighted by Crippen LogP contribution is -2.60. The van der Waals surface area contributed by atoms with Crippen molar-refractivity contribution in [1.82, 2.24) is 5.32 Å². The average molecular weight is 763 g/mol. The van der Waals surface area contributed by atoms with Gasteiger partial charge >= 0.3 is 24.0 Å². The number of ether oxygens (including phenoxy) is 5. The highest BCUT2D eigenvalue weighted by Gasteiger charge is 2.49. The lowest BCUT2D eigenvalue weighted by Gasteiger charge is -2.39. The standard InChI is InChI=1S/C40H47FN4O10/c1-27(46)35(42)33-23-45(38(50)54-33)30-15-16-32(31(41)22-30)53-26-39(18-20-44-21-19-39)55-37(49)40(43,36(48)52-25-29-12-6-3-7-13-29)17-9-8-14-34(47)51-24-28-10-4-2-5-11-28/h2-7,10-13,15-16,22,33,35,44H,8-9,14,17-21,23-26,42-43H2,1H3/t33-,35?,40?/m0/s1. The average Bonchev–Trinajstić information content (AvgIpc) is 3.59. The number of ketones is 1. The predicted octanol–water partition coefficient (Wildman–Crippen LogP) is 3.86. The second kappa shape index (κ2) is 18.8. The molecular formula is C40H47FN4O10. The number of rotatable bonds is 18. The largest absolute Gasteiger partial charge is 0.486 e. The summed E-state index contributed by atoms with van der Waals surface area (Å²) in [6.07, 6.45) is -0.809. The first kappa shape index (κ1) is 40.8. The van der Waals surface area contributed by atoms with Crippen LogP contribution in [0.4, 0.5) is 14.9 Å². The van der Waals surface area contributed by atoms with Crippen molar-refractivity contribution >= 4 is 35.5 Å². The van der Waals surface area contributed by atoms with E-state index >= 15 is 4.39 Å². The molecule has 5 rings (SSSR count). The number of cyclic esters (lactones) is 1. The lowest BCUT2D eigenvalue weighted by atomic mass is 9.90. The molecule has 3 atom stereocenters. The van der Waals surface area contributed by atoms with Gasteiger partial charge in [-0.25, -0.2) is 18.8 Å². The molecule has 14 nitrogen and oxygen atoms in total. The van der Waals surface area contributed by atoms with Crippen LogP contribution in [-0.2, 0) is 51.3 Å². The number of benzene rings is 3. The van der Waals surface area contributed by atoms with Crippen molar-refractivity contribution in [3.8, 4) is 5.75 Å². The Labute approximate surface area is 318 Å². The number of nitrogens with zero attached hydrogens (tertiary/aromatic N) is 1. The van der Waals surface area contributed by atoms with E-state index in [0.29, 0.717) is 18.7 Å². The van der Waals surface area contributed by atoms with Gasteiger partial charge in [-0.05, 0) is 62.5 Å². The SMILES string of the molecule is CC(=O)C(N)[C@@H]1CN(c2ccc(OCC3(OC(=O)C(N)(CCCCC(=O)OCc4ccccc4)C(=O)OCc4ccccc4)CCNCC3)c(F)c2)C(=O)O1. The molecular weight excluding hydrogens is 715 g/mol. The molecule has 2 unspecified atom stereocenters. The van der Waals surface area contributed by atoms with E-state index in [9.17, 15) is 24.0 Å². The van der Waals surface area contributed by atoms with Crippen molar-refractivity contribution in [3.05, 3.63) is 95.8 Å². The van der Waals surface area contributed by atoms with Gasteiger partial charge in [0.05, 0.1) is 12.2 Å². The number of anilines is 1. The molecule has 5 N–H and O–H groups in total. The van der Waals surface area contributed by atoms with Crippen molar-refractivity contribution < 1.29 is 52.0 Å². The van der Waals surface area contributed by atoms with Gasteiger partial charge in [0, 0.05) is 25.3 Å².